The molecule has 1 aliphatic carbocycles. The third kappa shape index (κ3) is 2.71. The number of alkyl halides is 3. The molecule has 1 unspecified atom stereocenters. The van der Waals surface area contributed by atoms with E-state index in [9.17, 15) is 22.8 Å². The summed E-state index contributed by atoms with van der Waals surface area (Å²) >= 11 is 0. The zero-order valence-corrected chi connectivity index (χ0v) is 11.3. The summed E-state index contributed by atoms with van der Waals surface area (Å²) in [7, 11) is 0. The molecule has 0 aromatic carbocycles. The number of carbonyl (C=O) groups is 2. The van der Waals surface area contributed by atoms with Gasteiger partial charge in [-0.3, -0.25) is 9.59 Å². The number of Topliss-reactive ketones (excluding diaryl/α,β-unsaturated/α-hetero) is 1. The van der Waals surface area contributed by atoms with Gasteiger partial charge in [-0.2, -0.15) is 13.2 Å². The first-order chi connectivity index (χ1) is 9.06. The molecule has 0 radical (unpaired) electrons. The van der Waals surface area contributed by atoms with Crippen LogP contribution in [0.1, 0.15) is 27.2 Å². The van der Waals surface area contributed by atoms with Crippen LogP contribution in [-0.4, -0.2) is 29.6 Å². The number of hydrogen-bond acceptors (Lipinski definition) is 4. The van der Waals surface area contributed by atoms with Crippen LogP contribution in [0.15, 0.2) is 24.0 Å². The molecule has 112 valence electrons. The van der Waals surface area contributed by atoms with Crippen LogP contribution in [0, 0.1) is 0 Å². The fourth-order valence-electron chi connectivity index (χ4n) is 1.96. The third-order valence-corrected chi connectivity index (χ3v) is 2.57. The molecule has 0 saturated heterocycles. The molecule has 7 heteroatoms. The lowest BCUT2D eigenvalue weighted by atomic mass is 9.74. The maximum absolute atomic E-state index is 12.8. The van der Waals surface area contributed by atoms with Crippen molar-refractivity contribution in [1.29, 1.82) is 0 Å². The second kappa shape index (κ2) is 5.30. The van der Waals surface area contributed by atoms with Gasteiger partial charge in [0, 0.05) is 13.3 Å². The third-order valence-electron chi connectivity index (χ3n) is 2.57. The van der Waals surface area contributed by atoms with Crippen LogP contribution in [0.4, 0.5) is 13.2 Å². The van der Waals surface area contributed by atoms with Gasteiger partial charge in [-0.05, 0) is 13.8 Å². The van der Waals surface area contributed by atoms with E-state index >= 15 is 0 Å². The van der Waals surface area contributed by atoms with Crippen LogP contribution < -0.4 is 0 Å². The summed E-state index contributed by atoms with van der Waals surface area (Å²) < 4.78 is 48.4. The predicted octanol–water partition coefficient (Wildman–Crippen LogP) is 2.69. The SMILES string of the molecule is C=CCC1(OC(C)=O)C(=O)C(C(F)(F)F)=C1OC(C)C. The van der Waals surface area contributed by atoms with Crippen LogP contribution >= 0.6 is 0 Å². The predicted molar refractivity (Wildman–Crippen MR) is 63.6 cm³/mol. The van der Waals surface area contributed by atoms with Gasteiger partial charge < -0.3 is 9.47 Å². The highest BCUT2D eigenvalue weighted by Gasteiger charge is 2.65. The van der Waals surface area contributed by atoms with Crippen LogP contribution in [0.5, 0.6) is 0 Å². The highest BCUT2D eigenvalue weighted by atomic mass is 19.4. The Balaban J connectivity index is 3.37. The molecule has 1 atom stereocenters. The maximum Gasteiger partial charge on any atom is 0.423 e. The van der Waals surface area contributed by atoms with Crippen LogP contribution in [0.3, 0.4) is 0 Å². The van der Waals surface area contributed by atoms with Gasteiger partial charge in [-0.1, -0.05) is 6.08 Å². The highest BCUT2D eigenvalue weighted by molar-refractivity contribution is 6.13. The van der Waals surface area contributed by atoms with Gasteiger partial charge >= 0.3 is 12.1 Å². The molecule has 0 heterocycles. The van der Waals surface area contributed by atoms with Crippen LogP contribution in [0.25, 0.3) is 0 Å². The number of ketones is 1. The van der Waals surface area contributed by atoms with Crippen molar-refractivity contribution in [3.8, 4) is 0 Å². The fourth-order valence-corrected chi connectivity index (χ4v) is 1.96. The summed E-state index contributed by atoms with van der Waals surface area (Å²) in [5.74, 6) is -2.83. The van der Waals surface area contributed by atoms with Gasteiger partial charge in [0.1, 0.15) is 5.57 Å². The first-order valence-electron chi connectivity index (χ1n) is 5.90. The minimum Gasteiger partial charge on any atom is -0.490 e. The average molecular weight is 292 g/mol. The minimum absolute atomic E-state index is 0.271. The molecule has 1 rings (SSSR count). The fraction of sp³-hybridized carbons (Fsp3) is 0.538. The van der Waals surface area contributed by atoms with Gasteiger partial charge in [0.15, 0.2) is 5.76 Å². The molecule has 0 fully saturated rings. The summed E-state index contributed by atoms with van der Waals surface area (Å²) in [6.07, 6.45) is -4.52. The Hall–Kier alpha value is -1.79. The molecular weight excluding hydrogens is 277 g/mol. The average Bonchev–Trinajstić information content (AvgIpc) is 2.24. The lowest BCUT2D eigenvalue weighted by Crippen LogP contribution is -2.58. The summed E-state index contributed by atoms with van der Waals surface area (Å²) in [6.45, 7) is 7.40. The Kier molecular flexibility index (Phi) is 4.31. The summed E-state index contributed by atoms with van der Waals surface area (Å²) in [4.78, 5) is 23.0. The second-order valence-electron chi connectivity index (χ2n) is 4.61. The lowest BCUT2D eigenvalue weighted by Gasteiger charge is -2.42. The molecule has 0 aromatic heterocycles. The van der Waals surface area contributed by atoms with Gasteiger partial charge in [0.05, 0.1) is 6.10 Å². The first kappa shape index (κ1) is 16.3. The molecular formula is C13H15F3O4. The molecule has 0 saturated carbocycles. The maximum atomic E-state index is 12.8. The molecule has 0 bridgehead atoms. The molecule has 0 spiro atoms. The van der Waals surface area contributed by atoms with E-state index in [1.165, 1.54) is 19.9 Å². The number of carbonyl (C=O) groups excluding carboxylic acids is 2. The van der Waals surface area contributed by atoms with Crippen molar-refractivity contribution < 1.29 is 32.2 Å². The molecule has 20 heavy (non-hydrogen) atoms. The Labute approximate surface area is 114 Å². The van der Waals surface area contributed by atoms with Gasteiger partial charge in [0.25, 0.3) is 0 Å². The summed E-state index contributed by atoms with van der Waals surface area (Å²) in [5, 5.41) is 0. The highest BCUT2D eigenvalue weighted by Crippen LogP contribution is 2.49. The molecule has 0 amide bonds. The van der Waals surface area contributed by atoms with E-state index < -0.39 is 41.0 Å². The molecule has 0 aromatic rings. The van der Waals surface area contributed by atoms with Crippen molar-refractivity contribution in [2.24, 2.45) is 0 Å². The van der Waals surface area contributed by atoms with Crippen LogP contribution in [0.2, 0.25) is 0 Å². The Morgan fingerprint density at radius 3 is 2.35 bits per heavy atom. The van der Waals surface area contributed by atoms with Crippen molar-refractivity contribution in [1.82, 2.24) is 0 Å². The second-order valence-corrected chi connectivity index (χ2v) is 4.61. The van der Waals surface area contributed by atoms with E-state index in [0.717, 1.165) is 6.92 Å². The van der Waals surface area contributed by atoms with E-state index in [1.807, 2.05) is 0 Å². The largest absolute Gasteiger partial charge is 0.490 e. The molecule has 4 nitrogen and oxygen atoms in total. The smallest absolute Gasteiger partial charge is 0.423 e. The van der Waals surface area contributed by atoms with E-state index in [-0.39, 0.29) is 6.42 Å². The Morgan fingerprint density at radius 1 is 1.45 bits per heavy atom. The van der Waals surface area contributed by atoms with E-state index in [1.54, 1.807) is 0 Å². The Bertz CT molecular complexity index is 476. The van der Waals surface area contributed by atoms with Crippen molar-refractivity contribution >= 4 is 11.8 Å². The van der Waals surface area contributed by atoms with Crippen molar-refractivity contribution in [2.75, 3.05) is 0 Å². The first-order valence-corrected chi connectivity index (χ1v) is 5.90. The van der Waals surface area contributed by atoms with Crippen molar-refractivity contribution in [3.63, 3.8) is 0 Å². The number of esters is 1. The Morgan fingerprint density at radius 2 is 2.00 bits per heavy atom. The standard InChI is InChI=1S/C13H15F3O4/c1-5-6-12(20-8(4)17)10(18)9(13(14,15)16)11(12)19-7(2)3/h5,7H,1,6H2,2-4H3. The summed E-state index contributed by atoms with van der Waals surface area (Å²) in [5.41, 5.74) is -3.45. The van der Waals surface area contributed by atoms with Gasteiger partial charge in [0.2, 0.25) is 11.4 Å². The number of ether oxygens (including phenoxy) is 2. The van der Waals surface area contributed by atoms with E-state index in [0.29, 0.717) is 0 Å². The zero-order valence-electron chi connectivity index (χ0n) is 11.3. The number of rotatable bonds is 5. The van der Waals surface area contributed by atoms with Crippen molar-refractivity contribution in [2.45, 2.75) is 45.1 Å². The van der Waals surface area contributed by atoms with Crippen molar-refractivity contribution in [3.05, 3.63) is 24.0 Å². The normalized spacial score (nSPS) is 22.6. The minimum atomic E-state index is -4.86. The van der Waals surface area contributed by atoms with E-state index in [4.69, 9.17) is 9.47 Å². The molecule has 0 aliphatic heterocycles. The molecule has 0 N–H and O–H groups in total. The van der Waals surface area contributed by atoms with E-state index in [2.05, 4.69) is 6.58 Å². The van der Waals surface area contributed by atoms with Gasteiger partial charge in [-0.25, -0.2) is 0 Å². The number of halogens is 3. The quantitative estimate of drug-likeness (QED) is 0.577. The lowest BCUT2D eigenvalue weighted by molar-refractivity contribution is -0.179. The monoisotopic (exact) mass is 292 g/mol. The summed E-state index contributed by atoms with van der Waals surface area (Å²) in [6, 6.07) is 0. The zero-order chi connectivity index (χ0) is 15.7. The molecule has 1 aliphatic rings. The topological polar surface area (TPSA) is 52.6 Å². The van der Waals surface area contributed by atoms with Crippen LogP contribution in [-0.2, 0) is 19.1 Å². The van der Waals surface area contributed by atoms with Gasteiger partial charge in [-0.15, -0.1) is 6.58 Å². The number of hydrogen-bond donors (Lipinski definition) is 0.